The summed E-state index contributed by atoms with van der Waals surface area (Å²) in [4.78, 5) is 17.3. The number of rotatable bonds is 6. The van der Waals surface area contributed by atoms with Crippen molar-refractivity contribution < 1.29 is 0 Å². The van der Waals surface area contributed by atoms with Gasteiger partial charge in [0.2, 0.25) is 17.8 Å². The fourth-order valence-corrected chi connectivity index (χ4v) is 1.66. The Labute approximate surface area is 109 Å². The third-order valence-electron chi connectivity index (χ3n) is 2.96. The Morgan fingerprint density at radius 3 is 2.17 bits per heavy atom. The van der Waals surface area contributed by atoms with Crippen LogP contribution in [0.25, 0.3) is 0 Å². The molecule has 1 atom stereocenters. The number of aromatic nitrogens is 3. The lowest BCUT2D eigenvalue weighted by Gasteiger charge is -2.28. The van der Waals surface area contributed by atoms with Crippen LogP contribution in [-0.2, 0) is 0 Å². The van der Waals surface area contributed by atoms with Crippen molar-refractivity contribution in [2.45, 2.75) is 33.2 Å². The molecule has 6 heteroatoms. The molecule has 1 heterocycles. The first-order valence-electron chi connectivity index (χ1n) is 6.41. The number of nitrogens with zero attached hydrogens (tertiary/aromatic N) is 5. The Balaban J connectivity index is 3.16. The number of nitrogens with one attached hydrogen (secondary N) is 1. The Kier molecular flexibility index (Phi) is 5.12. The Morgan fingerprint density at radius 2 is 1.72 bits per heavy atom. The highest BCUT2D eigenvalue weighted by Gasteiger charge is 2.16. The van der Waals surface area contributed by atoms with Crippen molar-refractivity contribution in [2.24, 2.45) is 0 Å². The van der Waals surface area contributed by atoms with Crippen molar-refractivity contribution >= 4 is 17.8 Å². The van der Waals surface area contributed by atoms with Crippen LogP contribution in [0.4, 0.5) is 17.8 Å². The quantitative estimate of drug-likeness (QED) is 0.830. The molecule has 0 aliphatic heterocycles. The molecule has 0 spiro atoms. The van der Waals surface area contributed by atoms with Crippen LogP contribution in [0.15, 0.2) is 0 Å². The van der Waals surface area contributed by atoms with E-state index in [9.17, 15) is 0 Å². The third kappa shape index (κ3) is 3.21. The summed E-state index contributed by atoms with van der Waals surface area (Å²) < 4.78 is 0. The van der Waals surface area contributed by atoms with Crippen LogP contribution >= 0.6 is 0 Å². The minimum Gasteiger partial charge on any atom is -0.357 e. The van der Waals surface area contributed by atoms with Crippen LogP contribution in [0.2, 0.25) is 0 Å². The summed E-state index contributed by atoms with van der Waals surface area (Å²) >= 11 is 0. The summed E-state index contributed by atoms with van der Waals surface area (Å²) in [7, 11) is 5.67. The van der Waals surface area contributed by atoms with Gasteiger partial charge in [-0.25, -0.2) is 0 Å². The molecule has 0 saturated heterocycles. The Morgan fingerprint density at radius 1 is 1.11 bits per heavy atom. The molecule has 0 saturated carbocycles. The lowest BCUT2D eigenvalue weighted by atomic mass is 10.2. The predicted octanol–water partition coefficient (Wildman–Crippen LogP) is 1.60. The first-order valence-corrected chi connectivity index (χ1v) is 6.41. The highest BCUT2D eigenvalue weighted by atomic mass is 15.4. The van der Waals surface area contributed by atoms with E-state index in [-0.39, 0.29) is 0 Å². The lowest BCUT2D eigenvalue weighted by molar-refractivity contribution is 0.613. The van der Waals surface area contributed by atoms with Crippen molar-refractivity contribution in [1.29, 1.82) is 0 Å². The van der Waals surface area contributed by atoms with Gasteiger partial charge in [0.1, 0.15) is 0 Å². The monoisotopic (exact) mass is 252 g/mol. The van der Waals surface area contributed by atoms with Crippen molar-refractivity contribution in [3.63, 3.8) is 0 Å². The standard InChI is InChI=1S/C12H24N6/c1-7-9(3)18(8-2)12-15-10(13-4)14-11(16-12)17(5)6/h9H,7-8H2,1-6H3,(H,13,14,15,16). The molecular formula is C12H24N6. The van der Waals surface area contributed by atoms with Crippen LogP contribution in [0.1, 0.15) is 27.2 Å². The molecule has 0 aliphatic rings. The molecule has 0 bridgehead atoms. The minimum absolute atomic E-state index is 0.414. The van der Waals surface area contributed by atoms with Crippen LogP contribution in [0, 0.1) is 0 Å². The molecule has 102 valence electrons. The molecule has 1 aromatic rings. The molecule has 18 heavy (non-hydrogen) atoms. The molecule has 0 aromatic carbocycles. The zero-order chi connectivity index (χ0) is 13.7. The molecule has 0 radical (unpaired) electrons. The maximum atomic E-state index is 4.51. The van der Waals surface area contributed by atoms with E-state index < -0.39 is 0 Å². The number of hydrogen-bond donors (Lipinski definition) is 1. The largest absolute Gasteiger partial charge is 0.357 e. The zero-order valence-corrected chi connectivity index (χ0v) is 12.2. The van der Waals surface area contributed by atoms with Crippen LogP contribution in [0.5, 0.6) is 0 Å². The highest BCUT2D eigenvalue weighted by Crippen LogP contribution is 2.17. The summed E-state index contributed by atoms with van der Waals surface area (Å²) in [5.74, 6) is 2.01. The van der Waals surface area contributed by atoms with E-state index in [0.717, 1.165) is 18.9 Å². The molecule has 6 nitrogen and oxygen atoms in total. The molecule has 0 amide bonds. The SMILES string of the molecule is CCC(C)N(CC)c1nc(NC)nc(N(C)C)n1. The molecular weight excluding hydrogens is 228 g/mol. The molecule has 1 rings (SSSR count). The van der Waals surface area contributed by atoms with Gasteiger partial charge in [-0.05, 0) is 20.3 Å². The van der Waals surface area contributed by atoms with E-state index in [0.29, 0.717) is 17.9 Å². The van der Waals surface area contributed by atoms with Gasteiger partial charge in [0.25, 0.3) is 0 Å². The molecule has 0 fully saturated rings. The van der Waals surface area contributed by atoms with Crippen molar-refractivity contribution in [2.75, 3.05) is 42.8 Å². The average Bonchev–Trinajstić information content (AvgIpc) is 2.38. The normalized spacial score (nSPS) is 12.1. The van der Waals surface area contributed by atoms with E-state index in [4.69, 9.17) is 0 Å². The van der Waals surface area contributed by atoms with Gasteiger partial charge >= 0.3 is 0 Å². The first kappa shape index (κ1) is 14.5. The van der Waals surface area contributed by atoms with Crippen molar-refractivity contribution in [1.82, 2.24) is 15.0 Å². The van der Waals surface area contributed by atoms with E-state index in [1.165, 1.54) is 0 Å². The van der Waals surface area contributed by atoms with Crippen LogP contribution in [-0.4, -0.2) is 48.7 Å². The van der Waals surface area contributed by atoms with Gasteiger partial charge in [-0.2, -0.15) is 15.0 Å². The zero-order valence-electron chi connectivity index (χ0n) is 12.2. The van der Waals surface area contributed by atoms with Gasteiger partial charge in [0, 0.05) is 33.7 Å². The highest BCUT2D eigenvalue weighted by molar-refractivity contribution is 5.44. The second-order valence-corrected chi connectivity index (χ2v) is 4.45. The maximum Gasteiger partial charge on any atom is 0.232 e. The van der Waals surface area contributed by atoms with Crippen LogP contribution in [0.3, 0.4) is 0 Å². The summed E-state index contributed by atoms with van der Waals surface area (Å²) in [6.07, 6.45) is 1.06. The average molecular weight is 252 g/mol. The first-order chi connectivity index (χ1) is 8.53. The van der Waals surface area contributed by atoms with E-state index >= 15 is 0 Å². The fraction of sp³-hybridized carbons (Fsp3) is 0.750. The number of anilines is 3. The molecule has 1 aromatic heterocycles. The van der Waals surface area contributed by atoms with Gasteiger partial charge in [-0.15, -0.1) is 0 Å². The second-order valence-electron chi connectivity index (χ2n) is 4.45. The van der Waals surface area contributed by atoms with Crippen molar-refractivity contribution in [3.8, 4) is 0 Å². The Hall–Kier alpha value is -1.59. The summed E-state index contributed by atoms with van der Waals surface area (Å²) in [5.41, 5.74) is 0. The van der Waals surface area contributed by atoms with Gasteiger partial charge in [0.15, 0.2) is 0 Å². The number of hydrogen-bond acceptors (Lipinski definition) is 6. The van der Waals surface area contributed by atoms with Crippen molar-refractivity contribution in [3.05, 3.63) is 0 Å². The molecule has 0 aliphatic carbocycles. The lowest BCUT2D eigenvalue weighted by Crippen LogP contribution is -2.34. The van der Waals surface area contributed by atoms with Gasteiger partial charge < -0.3 is 15.1 Å². The van der Waals surface area contributed by atoms with Crippen LogP contribution < -0.4 is 15.1 Å². The minimum atomic E-state index is 0.414. The topological polar surface area (TPSA) is 57.2 Å². The smallest absolute Gasteiger partial charge is 0.232 e. The van der Waals surface area contributed by atoms with Gasteiger partial charge in [-0.1, -0.05) is 6.92 Å². The third-order valence-corrected chi connectivity index (χ3v) is 2.96. The second kappa shape index (κ2) is 6.37. The van der Waals surface area contributed by atoms with E-state index in [1.54, 1.807) is 0 Å². The summed E-state index contributed by atoms with van der Waals surface area (Å²) in [5, 5.41) is 2.98. The predicted molar refractivity (Wildman–Crippen MR) is 76.5 cm³/mol. The molecule has 1 unspecified atom stereocenters. The summed E-state index contributed by atoms with van der Waals surface area (Å²) in [6.45, 7) is 7.35. The molecule has 1 N–H and O–H groups in total. The summed E-state index contributed by atoms with van der Waals surface area (Å²) in [6, 6.07) is 0.414. The maximum absolute atomic E-state index is 4.51. The Bertz CT molecular complexity index is 379. The van der Waals surface area contributed by atoms with Gasteiger partial charge in [-0.3, -0.25) is 0 Å². The fourth-order valence-electron chi connectivity index (χ4n) is 1.66. The van der Waals surface area contributed by atoms with Gasteiger partial charge in [0.05, 0.1) is 0 Å². The van der Waals surface area contributed by atoms with E-state index in [2.05, 4.69) is 45.9 Å². The van der Waals surface area contributed by atoms with E-state index in [1.807, 2.05) is 26.0 Å².